The molecule has 196 valence electrons. The smallest absolute Gasteiger partial charge is 0.276 e. The second kappa shape index (κ2) is 11.5. The highest BCUT2D eigenvalue weighted by Gasteiger charge is 2.34. The van der Waals surface area contributed by atoms with Gasteiger partial charge in [0.1, 0.15) is 0 Å². The third-order valence-corrected chi connectivity index (χ3v) is 7.94. The average Bonchev–Trinajstić information content (AvgIpc) is 3.04. The van der Waals surface area contributed by atoms with Gasteiger partial charge >= 0.3 is 0 Å². The molecule has 2 fully saturated rings. The van der Waals surface area contributed by atoms with Crippen LogP contribution in [0.1, 0.15) is 48.9 Å². The summed E-state index contributed by atoms with van der Waals surface area (Å²) in [5.74, 6) is 0.148. The van der Waals surface area contributed by atoms with Crippen molar-refractivity contribution < 1.29 is 9.53 Å². The first-order chi connectivity index (χ1) is 18.0. The molecule has 2 aliphatic rings. The monoisotopic (exact) mass is 502 g/mol. The van der Waals surface area contributed by atoms with Crippen LogP contribution in [-0.4, -0.2) is 56.9 Å². The van der Waals surface area contributed by atoms with E-state index in [0.29, 0.717) is 32.8 Å². The Morgan fingerprint density at radius 3 is 2.27 bits per heavy atom. The van der Waals surface area contributed by atoms with Crippen molar-refractivity contribution in [2.75, 3.05) is 19.6 Å². The highest BCUT2D eigenvalue weighted by molar-refractivity contribution is 5.79. The van der Waals surface area contributed by atoms with E-state index in [1.54, 1.807) is 4.68 Å². The van der Waals surface area contributed by atoms with Crippen molar-refractivity contribution in [3.63, 3.8) is 0 Å². The van der Waals surface area contributed by atoms with Crippen molar-refractivity contribution in [1.82, 2.24) is 19.2 Å². The topological polar surface area (TPSA) is 59.7 Å². The Bertz CT molecular complexity index is 1250. The number of rotatable bonds is 7. The number of para-hydroxylation sites is 1. The van der Waals surface area contributed by atoms with Crippen LogP contribution in [0.2, 0.25) is 0 Å². The zero-order valence-corrected chi connectivity index (χ0v) is 22.0. The van der Waals surface area contributed by atoms with Gasteiger partial charge in [-0.2, -0.15) is 0 Å². The van der Waals surface area contributed by atoms with Crippen LogP contribution in [0.3, 0.4) is 0 Å². The molecule has 3 aromatic rings. The molecule has 0 N–H and O–H groups in total. The molecule has 1 aliphatic heterocycles. The van der Waals surface area contributed by atoms with Gasteiger partial charge in [0.25, 0.3) is 5.56 Å². The van der Waals surface area contributed by atoms with Crippen molar-refractivity contribution in [2.24, 2.45) is 7.05 Å². The number of aromatic nitrogens is 2. The second-order valence-electron chi connectivity index (χ2n) is 10.5. The van der Waals surface area contributed by atoms with Crippen LogP contribution in [0.4, 0.5) is 0 Å². The first-order valence-electron chi connectivity index (χ1n) is 13.5. The highest BCUT2D eigenvalue weighted by Crippen LogP contribution is 2.25. The fraction of sp³-hybridized carbons (Fsp3) is 0.467. The number of carbonyl (C=O) groups excluding carboxylic acids is 1. The van der Waals surface area contributed by atoms with E-state index >= 15 is 0 Å². The molecule has 0 radical (unpaired) electrons. The van der Waals surface area contributed by atoms with Crippen LogP contribution in [0.5, 0.6) is 0 Å². The third kappa shape index (κ3) is 5.73. The Balaban J connectivity index is 1.39. The molecule has 1 unspecified atom stereocenters. The van der Waals surface area contributed by atoms with Crippen molar-refractivity contribution >= 4 is 5.91 Å². The van der Waals surface area contributed by atoms with Gasteiger partial charge in [0, 0.05) is 38.4 Å². The zero-order valence-electron chi connectivity index (χ0n) is 22.0. The predicted molar refractivity (Wildman–Crippen MR) is 145 cm³/mol. The number of carbonyl (C=O) groups is 1. The SMILES string of the molecule is Cc1c(CN2CC(=O)N(C3CCCCC3)CC(OCc3ccccc3)C2)c(=O)n(-c2ccccc2)n1C. The maximum atomic E-state index is 13.5. The molecule has 1 aromatic heterocycles. The number of hydrogen-bond donors (Lipinski definition) is 0. The number of ether oxygens (including phenoxy) is 1. The second-order valence-corrected chi connectivity index (χ2v) is 10.5. The van der Waals surface area contributed by atoms with Gasteiger partial charge in [-0.15, -0.1) is 0 Å². The van der Waals surface area contributed by atoms with E-state index < -0.39 is 0 Å². The van der Waals surface area contributed by atoms with Crippen molar-refractivity contribution in [3.8, 4) is 5.69 Å². The summed E-state index contributed by atoms with van der Waals surface area (Å²) in [6, 6.07) is 20.2. The number of hydrogen-bond acceptors (Lipinski definition) is 4. The summed E-state index contributed by atoms with van der Waals surface area (Å²) in [7, 11) is 1.91. The molecule has 1 saturated carbocycles. The molecule has 0 bridgehead atoms. The summed E-state index contributed by atoms with van der Waals surface area (Å²) in [6.45, 7) is 4.44. The quantitative estimate of drug-likeness (QED) is 0.489. The summed E-state index contributed by atoms with van der Waals surface area (Å²) < 4.78 is 10.0. The lowest BCUT2D eigenvalue weighted by Gasteiger charge is -2.35. The van der Waals surface area contributed by atoms with Crippen molar-refractivity contribution in [2.45, 2.75) is 64.3 Å². The van der Waals surface area contributed by atoms with E-state index in [2.05, 4.69) is 21.9 Å². The molecule has 1 atom stereocenters. The Hall–Kier alpha value is -3.16. The summed E-state index contributed by atoms with van der Waals surface area (Å²) in [5.41, 5.74) is 3.57. The molecular weight excluding hydrogens is 464 g/mol. The minimum Gasteiger partial charge on any atom is -0.370 e. The van der Waals surface area contributed by atoms with E-state index in [1.165, 1.54) is 19.3 Å². The molecule has 37 heavy (non-hydrogen) atoms. The molecule has 1 saturated heterocycles. The van der Waals surface area contributed by atoms with E-state index in [0.717, 1.165) is 35.3 Å². The van der Waals surface area contributed by atoms with E-state index in [4.69, 9.17) is 4.74 Å². The molecule has 2 aromatic carbocycles. The zero-order chi connectivity index (χ0) is 25.8. The summed E-state index contributed by atoms with van der Waals surface area (Å²) in [6.07, 6.45) is 5.62. The molecular formula is C30H38N4O3. The highest BCUT2D eigenvalue weighted by atomic mass is 16.5. The van der Waals surface area contributed by atoms with Gasteiger partial charge in [0.15, 0.2) is 0 Å². The maximum Gasteiger partial charge on any atom is 0.276 e. The van der Waals surface area contributed by atoms with E-state index in [9.17, 15) is 9.59 Å². The van der Waals surface area contributed by atoms with Crippen LogP contribution < -0.4 is 5.56 Å². The number of nitrogens with zero attached hydrogens (tertiary/aromatic N) is 4. The molecule has 1 aliphatic carbocycles. The van der Waals surface area contributed by atoms with Crippen LogP contribution in [0.25, 0.3) is 5.69 Å². The van der Waals surface area contributed by atoms with Gasteiger partial charge < -0.3 is 9.64 Å². The molecule has 5 rings (SSSR count). The molecule has 0 spiro atoms. The van der Waals surface area contributed by atoms with Gasteiger partial charge in [0.2, 0.25) is 5.91 Å². The van der Waals surface area contributed by atoms with Crippen LogP contribution >= 0.6 is 0 Å². The van der Waals surface area contributed by atoms with Crippen LogP contribution in [0, 0.1) is 6.92 Å². The summed E-state index contributed by atoms with van der Waals surface area (Å²) in [5, 5.41) is 0. The fourth-order valence-electron chi connectivity index (χ4n) is 5.80. The molecule has 7 nitrogen and oxygen atoms in total. The fourth-order valence-corrected chi connectivity index (χ4v) is 5.80. The molecule has 7 heteroatoms. The third-order valence-electron chi connectivity index (χ3n) is 7.94. The first kappa shape index (κ1) is 25.5. The van der Waals surface area contributed by atoms with Gasteiger partial charge in [-0.05, 0) is 37.5 Å². The summed E-state index contributed by atoms with van der Waals surface area (Å²) in [4.78, 5) is 31.3. The Morgan fingerprint density at radius 2 is 1.57 bits per heavy atom. The van der Waals surface area contributed by atoms with E-state index in [-0.39, 0.29) is 23.6 Å². The molecule has 1 amide bonds. The standard InChI is InChI=1S/C30H38N4O3/c1-23-28(30(36)34(31(23)2)26-16-10-5-11-17-26)20-32-18-27(37-22-24-12-6-3-7-13-24)19-33(29(35)21-32)25-14-8-4-9-15-25/h3,5-7,10-13,16-17,25,27H,4,8-9,14-15,18-22H2,1-2H3. The van der Waals surface area contributed by atoms with Crippen molar-refractivity contribution in [3.05, 3.63) is 87.8 Å². The summed E-state index contributed by atoms with van der Waals surface area (Å²) >= 11 is 0. The first-order valence-corrected chi connectivity index (χ1v) is 13.5. The largest absolute Gasteiger partial charge is 0.370 e. The minimum atomic E-state index is -0.117. The minimum absolute atomic E-state index is 0.0335. The maximum absolute atomic E-state index is 13.5. The molecule has 2 heterocycles. The number of benzene rings is 2. The van der Waals surface area contributed by atoms with E-state index in [1.807, 2.05) is 67.2 Å². The lowest BCUT2D eigenvalue weighted by molar-refractivity contribution is -0.135. The Kier molecular flexibility index (Phi) is 7.91. The Morgan fingerprint density at radius 1 is 0.892 bits per heavy atom. The van der Waals surface area contributed by atoms with Gasteiger partial charge in [-0.25, -0.2) is 4.68 Å². The predicted octanol–water partition coefficient (Wildman–Crippen LogP) is 4.05. The van der Waals surface area contributed by atoms with Gasteiger partial charge in [-0.1, -0.05) is 67.8 Å². The average molecular weight is 503 g/mol. The normalized spacial score (nSPS) is 19.8. The van der Waals surface area contributed by atoms with Gasteiger partial charge in [-0.3, -0.25) is 19.2 Å². The van der Waals surface area contributed by atoms with Crippen LogP contribution in [-0.2, 0) is 29.7 Å². The van der Waals surface area contributed by atoms with Crippen molar-refractivity contribution in [1.29, 1.82) is 0 Å². The van der Waals surface area contributed by atoms with Crippen LogP contribution in [0.15, 0.2) is 65.5 Å². The van der Waals surface area contributed by atoms with Gasteiger partial charge in [0.05, 0.1) is 30.5 Å². The lowest BCUT2D eigenvalue weighted by atomic mass is 9.94. The lowest BCUT2D eigenvalue weighted by Crippen LogP contribution is -2.45. The Labute approximate surface area is 219 Å². The number of amides is 1.